The van der Waals surface area contributed by atoms with Crippen molar-refractivity contribution in [3.05, 3.63) is 46.8 Å². The lowest BCUT2D eigenvalue weighted by atomic mass is 10.1. The third kappa shape index (κ3) is 1.69. The van der Waals surface area contributed by atoms with Crippen LogP contribution in [-0.4, -0.2) is 0 Å². The van der Waals surface area contributed by atoms with Gasteiger partial charge in [-0.05, 0) is 31.9 Å². The molecule has 1 aliphatic rings. The van der Waals surface area contributed by atoms with Crippen molar-refractivity contribution >= 4 is 23.8 Å². The van der Waals surface area contributed by atoms with E-state index >= 15 is 0 Å². The van der Waals surface area contributed by atoms with Crippen molar-refractivity contribution in [2.75, 3.05) is 0 Å². The first-order chi connectivity index (χ1) is 7.77. The van der Waals surface area contributed by atoms with Gasteiger partial charge >= 0.3 is 0 Å². The minimum absolute atomic E-state index is 0.930. The molecule has 0 unspecified atom stereocenters. The van der Waals surface area contributed by atoms with Gasteiger partial charge in [-0.25, -0.2) is 0 Å². The Bertz CT molecular complexity index is 580. The van der Waals surface area contributed by atoms with E-state index in [1.807, 2.05) is 25.2 Å². The molecule has 0 saturated carbocycles. The molecule has 1 nitrogen and oxygen atoms in total. The molecule has 0 fully saturated rings. The van der Waals surface area contributed by atoms with E-state index in [-0.39, 0.29) is 0 Å². The minimum atomic E-state index is 0.930. The number of rotatable bonds is 2. The van der Waals surface area contributed by atoms with Crippen molar-refractivity contribution in [3.63, 3.8) is 0 Å². The molecular weight excluding hydrogens is 196 g/mol. The molecule has 0 N–H and O–H groups in total. The van der Waals surface area contributed by atoms with Gasteiger partial charge in [0.1, 0.15) is 11.2 Å². The molecule has 82 valence electrons. The maximum absolute atomic E-state index is 5.88. The van der Waals surface area contributed by atoms with Gasteiger partial charge in [0.05, 0.1) is 0 Å². The van der Waals surface area contributed by atoms with Crippen molar-refractivity contribution in [1.82, 2.24) is 0 Å². The third-order valence-corrected chi connectivity index (χ3v) is 2.85. The molecule has 1 heteroatoms. The molecule has 1 aromatic heterocycles. The average Bonchev–Trinajstić information content (AvgIpc) is 2.49. The second kappa shape index (κ2) is 4.40. The van der Waals surface area contributed by atoms with E-state index in [1.54, 1.807) is 0 Å². The van der Waals surface area contributed by atoms with Gasteiger partial charge in [-0.3, -0.25) is 0 Å². The first kappa shape index (κ1) is 10.7. The van der Waals surface area contributed by atoms with Gasteiger partial charge in [-0.1, -0.05) is 37.0 Å². The van der Waals surface area contributed by atoms with Crippen LogP contribution in [0.3, 0.4) is 0 Å². The molecule has 0 amide bonds. The van der Waals surface area contributed by atoms with Crippen LogP contribution < -0.4 is 10.6 Å². The molecule has 1 heterocycles. The highest BCUT2D eigenvalue weighted by atomic mass is 16.3. The van der Waals surface area contributed by atoms with Crippen LogP contribution in [0.5, 0.6) is 0 Å². The Balaban J connectivity index is 2.81. The van der Waals surface area contributed by atoms with Gasteiger partial charge in [-0.2, -0.15) is 0 Å². The molecule has 0 radical (unpaired) electrons. The van der Waals surface area contributed by atoms with Crippen LogP contribution in [0, 0.1) is 0 Å². The summed E-state index contributed by atoms with van der Waals surface area (Å²) in [4.78, 5) is 0. The molecule has 1 aromatic rings. The zero-order chi connectivity index (χ0) is 11.5. The van der Waals surface area contributed by atoms with E-state index in [0.29, 0.717) is 0 Å². The molecule has 0 atom stereocenters. The van der Waals surface area contributed by atoms with Crippen molar-refractivity contribution in [2.45, 2.75) is 20.3 Å². The lowest BCUT2D eigenvalue weighted by Crippen LogP contribution is -2.20. The fraction of sp³-hybridized carbons (Fsp3) is 0.200. The Hall–Kier alpha value is -1.76. The van der Waals surface area contributed by atoms with E-state index in [1.165, 1.54) is 0 Å². The third-order valence-electron chi connectivity index (χ3n) is 2.85. The second-order valence-corrected chi connectivity index (χ2v) is 3.83. The molecule has 0 spiro atoms. The van der Waals surface area contributed by atoms with Crippen molar-refractivity contribution in [2.24, 2.45) is 0 Å². The lowest BCUT2D eigenvalue weighted by Gasteiger charge is -1.96. The van der Waals surface area contributed by atoms with Crippen LogP contribution in [0.2, 0.25) is 0 Å². The van der Waals surface area contributed by atoms with Gasteiger partial charge in [0.25, 0.3) is 0 Å². The summed E-state index contributed by atoms with van der Waals surface area (Å²) < 4.78 is 5.88. The Morgan fingerprint density at radius 2 is 2.31 bits per heavy atom. The molecule has 2 rings (SSSR count). The van der Waals surface area contributed by atoms with Crippen LogP contribution in [-0.2, 0) is 0 Å². The summed E-state index contributed by atoms with van der Waals surface area (Å²) in [6.45, 7) is 7.95. The largest absolute Gasteiger partial charge is 0.456 e. The molecular formula is C15H16O. The van der Waals surface area contributed by atoms with Crippen molar-refractivity contribution < 1.29 is 4.42 Å². The van der Waals surface area contributed by atoms with Gasteiger partial charge in [0, 0.05) is 10.8 Å². The van der Waals surface area contributed by atoms with E-state index in [0.717, 1.165) is 34.0 Å². The van der Waals surface area contributed by atoms with Crippen LogP contribution in [0.1, 0.15) is 31.6 Å². The Kier molecular flexibility index (Phi) is 2.95. The topological polar surface area (TPSA) is 13.1 Å². The first-order valence-corrected chi connectivity index (χ1v) is 5.53. The molecule has 0 bridgehead atoms. The number of hydrogen-bond donors (Lipinski definition) is 0. The summed E-state index contributed by atoms with van der Waals surface area (Å²) in [6, 6.07) is 0. The number of furan rings is 1. The number of hydrogen-bond acceptors (Lipinski definition) is 1. The number of fused-ring (bicyclic) bond motifs is 1. The molecule has 16 heavy (non-hydrogen) atoms. The van der Waals surface area contributed by atoms with E-state index in [2.05, 4.69) is 31.7 Å². The average molecular weight is 212 g/mol. The summed E-state index contributed by atoms with van der Waals surface area (Å²) in [5.74, 6) is 0.935. The van der Waals surface area contributed by atoms with E-state index in [9.17, 15) is 0 Å². The highest BCUT2D eigenvalue weighted by Gasteiger charge is 2.09. The Labute approximate surface area is 95.8 Å². The SMILES string of the molecule is C=Cc1c(/C(C)=C\C)oc2c1=CCC=CC=2. The van der Waals surface area contributed by atoms with Gasteiger partial charge in [-0.15, -0.1) is 0 Å². The highest BCUT2D eigenvalue weighted by molar-refractivity contribution is 5.70. The maximum atomic E-state index is 5.88. The summed E-state index contributed by atoms with van der Waals surface area (Å²) in [5, 5.41) is 1.16. The summed E-state index contributed by atoms with van der Waals surface area (Å²) >= 11 is 0. The predicted molar refractivity (Wildman–Crippen MR) is 70.1 cm³/mol. The van der Waals surface area contributed by atoms with Crippen molar-refractivity contribution in [3.8, 4) is 0 Å². The van der Waals surface area contributed by atoms with Gasteiger partial charge in [0.15, 0.2) is 0 Å². The summed E-state index contributed by atoms with van der Waals surface area (Å²) in [7, 11) is 0. The van der Waals surface area contributed by atoms with Crippen molar-refractivity contribution in [1.29, 1.82) is 0 Å². The van der Waals surface area contributed by atoms with E-state index in [4.69, 9.17) is 4.42 Å². The zero-order valence-corrected chi connectivity index (χ0v) is 9.79. The smallest absolute Gasteiger partial charge is 0.137 e. The first-order valence-electron chi connectivity index (χ1n) is 5.53. The second-order valence-electron chi connectivity index (χ2n) is 3.83. The zero-order valence-electron chi connectivity index (χ0n) is 9.79. The normalized spacial score (nSPS) is 14.8. The maximum Gasteiger partial charge on any atom is 0.137 e. The Morgan fingerprint density at radius 3 is 3.00 bits per heavy atom. The molecule has 1 aliphatic carbocycles. The quantitative estimate of drug-likeness (QED) is 0.734. The fourth-order valence-electron chi connectivity index (χ4n) is 1.86. The summed E-state index contributed by atoms with van der Waals surface area (Å²) in [5.41, 5.74) is 3.18. The monoisotopic (exact) mass is 212 g/mol. The predicted octanol–water partition coefficient (Wildman–Crippen LogP) is 2.87. The fourth-order valence-corrected chi connectivity index (χ4v) is 1.86. The summed E-state index contributed by atoms with van der Waals surface area (Å²) in [6.07, 6.45) is 13.2. The highest BCUT2D eigenvalue weighted by Crippen LogP contribution is 2.16. The molecule has 0 saturated heterocycles. The van der Waals surface area contributed by atoms with Crippen LogP contribution in [0.15, 0.2) is 29.2 Å². The van der Waals surface area contributed by atoms with Crippen LogP contribution in [0.25, 0.3) is 23.8 Å². The lowest BCUT2D eigenvalue weighted by molar-refractivity contribution is 0.518. The Morgan fingerprint density at radius 1 is 1.50 bits per heavy atom. The van der Waals surface area contributed by atoms with E-state index < -0.39 is 0 Å². The van der Waals surface area contributed by atoms with Gasteiger partial charge < -0.3 is 4.42 Å². The van der Waals surface area contributed by atoms with Crippen LogP contribution in [0.4, 0.5) is 0 Å². The minimum Gasteiger partial charge on any atom is -0.456 e. The number of allylic oxidation sites excluding steroid dienone is 4. The van der Waals surface area contributed by atoms with Crippen LogP contribution >= 0.6 is 0 Å². The molecule has 0 aromatic carbocycles. The molecule has 0 aliphatic heterocycles. The standard InChI is InChI=1S/C15H16O/c1-4-11(3)15-12(5-2)13-9-7-6-8-10-14(13)16-15/h4-6,8-10H,2,7H2,1,3H3/b11-4-. The van der Waals surface area contributed by atoms with Gasteiger partial charge in [0.2, 0.25) is 0 Å².